The van der Waals surface area contributed by atoms with Crippen LogP contribution in [0.3, 0.4) is 0 Å². The van der Waals surface area contributed by atoms with Gasteiger partial charge in [-0.1, -0.05) is 5.70 Å². The van der Waals surface area contributed by atoms with Crippen LogP contribution in [-0.4, -0.2) is 19.4 Å². The summed E-state index contributed by atoms with van der Waals surface area (Å²) in [6.45, 7) is 3.14. The standard InChI is InChI=1S/C4H10Cl4Si2.C2H3Cl3Si/c1-9(5,6)3-4-10(2,7)8;1-2-6(3,4)5/h3-4H2,1-2H3;2H,1H2. The van der Waals surface area contributed by atoms with Gasteiger partial charge in [-0.2, -0.15) is 0 Å². The second-order valence-electron chi connectivity index (χ2n) is 3.39. The van der Waals surface area contributed by atoms with Gasteiger partial charge in [-0.15, -0.1) is 84.1 Å². The van der Waals surface area contributed by atoms with E-state index >= 15 is 0 Å². The Kier molecular flexibility index (Phi) is 11.1. The Bertz CT molecular complexity index is 188. The molecule has 0 unspecified atom stereocenters. The van der Waals surface area contributed by atoms with E-state index in [4.69, 9.17) is 77.6 Å². The predicted molar refractivity (Wildman–Crippen MR) is 89.8 cm³/mol. The monoisotopic (exact) mass is 414 g/mol. The molecule has 0 rings (SSSR count). The Labute approximate surface area is 133 Å². The average molecular weight is 418 g/mol. The van der Waals surface area contributed by atoms with Gasteiger partial charge in [0, 0.05) is 0 Å². The van der Waals surface area contributed by atoms with Gasteiger partial charge >= 0.3 is 6.00 Å². The van der Waals surface area contributed by atoms with Gasteiger partial charge in [-0.25, -0.2) is 0 Å². The molecule has 0 bridgehead atoms. The Morgan fingerprint density at radius 3 is 1.06 bits per heavy atom. The molecule has 0 aromatic rings. The summed E-state index contributed by atoms with van der Waals surface area (Å²) in [7, 11) is 0. The first kappa shape index (κ1) is 20.7. The number of hydrogen-bond donors (Lipinski definition) is 0. The van der Waals surface area contributed by atoms with Crippen molar-refractivity contribution >= 4 is 96.9 Å². The van der Waals surface area contributed by atoms with Crippen molar-refractivity contribution in [1.82, 2.24) is 0 Å². The third-order valence-corrected chi connectivity index (χ3v) is 8.11. The van der Waals surface area contributed by atoms with E-state index in [2.05, 4.69) is 6.58 Å². The molecule has 0 heterocycles. The van der Waals surface area contributed by atoms with Crippen molar-refractivity contribution in [3.8, 4) is 0 Å². The van der Waals surface area contributed by atoms with Crippen molar-refractivity contribution in [3.63, 3.8) is 0 Å². The van der Waals surface area contributed by atoms with Crippen molar-refractivity contribution < 1.29 is 0 Å². The van der Waals surface area contributed by atoms with E-state index < -0.39 is 19.4 Å². The summed E-state index contributed by atoms with van der Waals surface area (Å²) in [5.74, 6) is 0. The molecule has 0 atom stereocenters. The summed E-state index contributed by atoms with van der Waals surface area (Å²) in [6, 6.07) is -0.856. The summed E-state index contributed by atoms with van der Waals surface area (Å²) >= 11 is 39.2. The molecule has 0 radical (unpaired) electrons. The molecule has 0 aromatic carbocycles. The SMILES string of the molecule is C=C[Si](Cl)(Cl)Cl.C[Si](Cl)(Cl)CC[Si](C)(Cl)Cl. The van der Waals surface area contributed by atoms with Gasteiger partial charge in [0.25, 0.3) is 0 Å². The lowest BCUT2D eigenvalue weighted by Crippen LogP contribution is -2.20. The molecule has 0 saturated carbocycles. The fraction of sp³-hybridized carbons (Fsp3) is 0.667. The molecule has 0 amide bonds. The first-order valence-electron chi connectivity index (χ1n) is 4.23. The maximum atomic E-state index is 5.85. The zero-order valence-electron chi connectivity index (χ0n) is 8.84. The minimum atomic E-state index is -2.45. The van der Waals surface area contributed by atoms with Gasteiger partial charge in [0.2, 0.25) is 13.4 Å². The smallest absolute Gasteiger partial charge is 0.146 e. The van der Waals surface area contributed by atoms with Gasteiger partial charge in [0.15, 0.2) is 0 Å². The van der Waals surface area contributed by atoms with Crippen LogP contribution >= 0.6 is 77.6 Å². The summed E-state index contributed by atoms with van der Waals surface area (Å²) in [5.41, 5.74) is 1.37. The molecule has 0 aromatic heterocycles. The van der Waals surface area contributed by atoms with E-state index in [-0.39, 0.29) is 0 Å². The summed E-state index contributed by atoms with van der Waals surface area (Å²) in [5, 5.41) is 0. The normalized spacial score (nSPS) is 12.8. The van der Waals surface area contributed by atoms with Crippen LogP contribution in [0, 0.1) is 0 Å². The van der Waals surface area contributed by atoms with E-state index in [1.54, 1.807) is 0 Å². The molecule has 10 heteroatoms. The Balaban J connectivity index is 0. The molecule has 0 N–H and O–H groups in total. The second-order valence-corrected chi connectivity index (χ2v) is 28.4. The summed E-state index contributed by atoms with van der Waals surface area (Å²) < 4.78 is 0. The van der Waals surface area contributed by atoms with Crippen LogP contribution in [0.4, 0.5) is 0 Å². The van der Waals surface area contributed by atoms with E-state index in [9.17, 15) is 0 Å². The molecular formula is C6H13Cl7Si3. The first-order valence-corrected chi connectivity index (χ1v) is 18.8. The largest absolute Gasteiger partial charge is 0.365 e. The van der Waals surface area contributed by atoms with Gasteiger partial charge in [-0.3, -0.25) is 0 Å². The highest BCUT2D eigenvalue weighted by Gasteiger charge is 2.28. The molecule has 0 saturated heterocycles. The molecule has 0 spiro atoms. The van der Waals surface area contributed by atoms with E-state index in [1.165, 1.54) is 5.70 Å². The van der Waals surface area contributed by atoms with Crippen LogP contribution in [0.2, 0.25) is 25.2 Å². The number of rotatable bonds is 4. The van der Waals surface area contributed by atoms with E-state index in [0.717, 1.165) is 12.1 Å². The van der Waals surface area contributed by atoms with Crippen molar-refractivity contribution in [3.05, 3.63) is 12.3 Å². The van der Waals surface area contributed by atoms with Crippen LogP contribution in [0.1, 0.15) is 0 Å². The fourth-order valence-electron chi connectivity index (χ4n) is 0.439. The first-order chi connectivity index (χ1) is 6.77. The molecule has 0 nitrogen and oxygen atoms in total. The lowest BCUT2D eigenvalue weighted by atomic mass is 10.9. The van der Waals surface area contributed by atoms with E-state index in [0.29, 0.717) is 0 Å². The van der Waals surface area contributed by atoms with E-state index in [1.807, 2.05) is 13.1 Å². The lowest BCUT2D eigenvalue weighted by Gasteiger charge is -2.14. The molecule has 16 heavy (non-hydrogen) atoms. The molecule has 0 aliphatic carbocycles. The van der Waals surface area contributed by atoms with Crippen molar-refractivity contribution in [2.75, 3.05) is 0 Å². The Hall–Kier alpha value is 2.42. The predicted octanol–water partition coefficient (Wildman–Crippen LogP) is 6.45. The molecule has 0 aliphatic rings. The third kappa shape index (κ3) is 25.3. The molecule has 98 valence electrons. The fourth-order valence-corrected chi connectivity index (χ4v) is 7.35. The highest BCUT2D eigenvalue weighted by Crippen LogP contribution is 2.29. The minimum Gasteiger partial charge on any atom is -0.146 e. The van der Waals surface area contributed by atoms with Gasteiger partial charge in [0.1, 0.15) is 0 Å². The highest BCUT2D eigenvalue weighted by molar-refractivity contribution is 7.66. The summed E-state index contributed by atoms with van der Waals surface area (Å²) in [4.78, 5) is 0. The Morgan fingerprint density at radius 1 is 0.812 bits per heavy atom. The van der Waals surface area contributed by atoms with Gasteiger partial charge in [-0.05, 0) is 25.2 Å². The number of halogens is 7. The van der Waals surface area contributed by atoms with Crippen LogP contribution < -0.4 is 0 Å². The van der Waals surface area contributed by atoms with Gasteiger partial charge in [0.05, 0.1) is 0 Å². The molecule has 0 aliphatic heterocycles. The van der Waals surface area contributed by atoms with Gasteiger partial charge < -0.3 is 0 Å². The number of hydrogen-bond acceptors (Lipinski definition) is 0. The van der Waals surface area contributed by atoms with Crippen LogP contribution in [0.5, 0.6) is 0 Å². The minimum absolute atomic E-state index is 0.797. The topological polar surface area (TPSA) is 0 Å². The summed E-state index contributed by atoms with van der Waals surface area (Å²) in [6.07, 6.45) is 0. The molecular weight excluding hydrogens is 404 g/mol. The second kappa shape index (κ2) is 8.56. The Morgan fingerprint density at radius 2 is 1.00 bits per heavy atom. The molecule has 0 fully saturated rings. The van der Waals surface area contributed by atoms with Crippen molar-refractivity contribution in [2.45, 2.75) is 25.2 Å². The average Bonchev–Trinajstić information content (AvgIpc) is 1.98. The highest BCUT2D eigenvalue weighted by atomic mass is 35.8. The van der Waals surface area contributed by atoms with Crippen molar-refractivity contribution in [2.24, 2.45) is 0 Å². The maximum absolute atomic E-state index is 5.85. The van der Waals surface area contributed by atoms with Crippen molar-refractivity contribution in [1.29, 1.82) is 0 Å². The van der Waals surface area contributed by atoms with Crippen LogP contribution in [0.25, 0.3) is 0 Å². The maximum Gasteiger partial charge on any atom is 0.365 e. The third-order valence-electron chi connectivity index (χ3n) is 1.23. The lowest BCUT2D eigenvalue weighted by molar-refractivity contribution is 1.38. The zero-order chi connectivity index (χ0) is 13.6. The van der Waals surface area contributed by atoms with Crippen LogP contribution in [0.15, 0.2) is 12.3 Å². The quantitative estimate of drug-likeness (QED) is 0.364. The zero-order valence-corrected chi connectivity index (χ0v) is 17.1. The van der Waals surface area contributed by atoms with Crippen LogP contribution in [-0.2, 0) is 0 Å².